The molecule has 68 valence electrons. The molecule has 1 fully saturated rings. The van der Waals surface area contributed by atoms with Crippen LogP contribution in [0.1, 0.15) is 25.7 Å². The molecule has 1 aliphatic carbocycles. The zero-order valence-corrected chi connectivity index (χ0v) is 6.73. The molecular formula is C8H12O4. The van der Waals surface area contributed by atoms with Crippen LogP contribution in [0.3, 0.4) is 0 Å². The first-order chi connectivity index (χ1) is 5.77. The minimum Gasteiger partial charge on any atom is -0.303 e. The van der Waals surface area contributed by atoms with E-state index in [1.807, 2.05) is 0 Å². The topological polar surface area (TPSA) is 63.6 Å². The molecule has 0 atom stereocenters. The highest BCUT2D eigenvalue weighted by Crippen LogP contribution is 2.27. The number of hydrogen-bond donors (Lipinski definition) is 1. The van der Waals surface area contributed by atoms with Crippen molar-refractivity contribution in [2.24, 2.45) is 11.8 Å². The van der Waals surface area contributed by atoms with Gasteiger partial charge in [-0.15, -0.1) is 0 Å². The SMILES string of the molecule is O=CC1CCC(C(=O)OO)CC1. The summed E-state index contributed by atoms with van der Waals surface area (Å²) in [4.78, 5) is 24.8. The van der Waals surface area contributed by atoms with Gasteiger partial charge in [-0.25, -0.2) is 4.79 Å². The standard InChI is InChI=1S/C8H12O4/c9-5-6-1-3-7(4-2-6)8(10)12-11/h5-7,11H,1-4H2. The highest BCUT2D eigenvalue weighted by atomic mass is 17.1. The summed E-state index contributed by atoms with van der Waals surface area (Å²) in [6.07, 6.45) is 3.67. The van der Waals surface area contributed by atoms with Crippen LogP contribution in [-0.4, -0.2) is 17.5 Å². The summed E-state index contributed by atoms with van der Waals surface area (Å²) in [6, 6.07) is 0. The van der Waals surface area contributed by atoms with Crippen LogP contribution in [0.15, 0.2) is 0 Å². The molecule has 0 aromatic heterocycles. The minimum absolute atomic E-state index is 0.0905. The molecule has 0 saturated heterocycles. The maximum Gasteiger partial charge on any atom is 0.345 e. The van der Waals surface area contributed by atoms with E-state index in [1.165, 1.54) is 0 Å². The van der Waals surface area contributed by atoms with Gasteiger partial charge in [-0.3, -0.25) is 0 Å². The smallest absolute Gasteiger partial charge is 0.303 e. The van der Waals surface area contributed by atoms with Crippen LogP contribution in [0.5, 0.6) is 0 Å². The van der Waals surface area contributed by atoms with Crippen LogP contribution >= 0.6 is 0 Å². The zero-order chi connectivity index (χ0) is 8.97. The average molecular weight is 172 g/mol. The Bertz CT molecular complexity index is 170. The van der Waals surface area contributed by atoms with Gasteiger partial charge in [0.25, 0.3) is 0 Å². The van der Waals surface area contributed by atoms with Gasteiger partial charge >= 0.3 is 5.97 Å². The number of hydrogen-bond acceptors (Lipinski definition) is 4. The molecule has 1 rings (SSSR count). The first-order valence-corrected chi connectivity index (χ1v) is 4.08. The van der Waals surface area contributed by atoms with Crippen LogP contribution in [0, 0.1) is 11.8 Å². The van der Waals surface area contributed by atoms with Crippen molar-refractivity contribution >= 4 is 12.3 Å². The lowest BCUT2D eigenvalue weighted by molar-refractivity contribution is -0.240. The number of rotatable bonds is 2. The van der Waals surface area contributed by atoms with E-state index in [0.717, 1.165) is 19.1 Å². The second kappa shape index (κ2) is 4.21. The lowest BCUT2D eigenvalue weighted by atomic mass is 9.83. The Labute approximate surface area is 70.4 Å². The Kier molecular flexibility index (Phi) is 3.22. The molecule has 0 aliphatic heterocycles. The second-order valence-corrected chi connectivity index (χ2v) is 3.16. The lowest BCUT2D eigenvalue weighted by Crippen LogP contribution is -2.23. The summed E-state index contributed by atoms with van der Waals surface area (Å²) < 4.78 is 0. The first-order valence-electron chi connectivity index (χ1n) is 4.08. The van der Waals surface area contributed by atoms with Gasteiger partial charge in [0, 0.05) is 5.92 Å². The molecule has 0 heterocycles. The van der Waals surface area contributed by atoms with Crippen LogP contribution in [0.4, 0.5) is 0 Å². The predicted octanol–water partition coefficient (Wildman–Crippen LogP) is 1.01. The molecule has 0 spiro atoms. The highest BCUT2D eigenvalue weighted by molar-refractivity contribution is 5.72. The van der Waals surface area contributed by atoms with Crippen LogP contribution < -0.4 is 0 Å². The van der Waals surface area contributed by atoms with Gasteiger partial charge in [0.05, 0.1) is 5.92 Å². The Hall–Kier alpha value is -0.900. The zero-order valence-electron chi connectivity index (χ0n) is 6.73. The molecule has 0 amide bonds. The fourth-order valence-electron chi connectivity index (χ4n) is 1.57. The molecule has 4 nitrogen and oxygen atoms in total. The Morgan fingerprint density at radius 1 is 1.33 bits per heavy atom. The van der Waals surface area contributed by atoms with Crippen LogP contribution in [-0.2, 0) is 14.5 Å². The van der Waals surface area contributed by atoms with E-state index < -0.39 is 5.97 Å². The van der Waals surface area contributed by atoms with Gasteiger partial charge < -0.3 is 9.68 Å². The van der Waals surface area contributed by atoms with E-state index in [4.69, 9.17) is 5.26 Å². The molecule has 12 heavy (non-hydrogen) atoms. The quantitative estimate of drug-likeness (QED) is 0.383. The van der Waals surface area contributed by atoms with Crippen molar-refractivity contribution in [3.05, 3.63) is 0 Å². The number of carbonyl (C=O) groups excluding carboxylic acids is 2. The third-order valence-corrected chi connectivity index (χ3v) is 2.39. The van der Waals surface area contributed by atoms with Gasteiger partial charge in [-0.05, 0) is 25.7 Å². The normalized spacial score (nSPS) is 29.4. The Balaban J connectivity index is 2.35. The van der Waals surface area contributed by atoms with Crippen molar-refractivity contribution in [3.8, 4) is 0 Å². The largest absolute Gasteiger partial charge is 0.345 e. The van der Waals surface area contributed by atoms with E-state index in [1.54, 1.807) is 0 Å². The van der Waals surface area contributed by atoms with Crippen LogP contribution in [0.2, 0.25) is 0 Å². The summed E-state index contributed by atoms with van der Waals surface area (Å²) in [5, 5.41) is 8.09. The summed E-state index contributed by atoms with van der Waals surface area (Å²) in [5.41, 5.74) is 0. The fourth-order valence-corrected chi connectivity index (χ4v) is 1.57. The lowest BCUT2D eigenvalue weighted by Gasteiger charge is -2.22. The van der Waals surface area contributed by atoms with Crippen LogP contribution in [0.25, 0.3) is 0 Å². The van der Waals surface area contributed by atoms with Crippen molar-refractivity contribution < 1.29 is 19.7 Å². The molecule has 0 unspecified atom stereocenters. The van der Waals surface area contributed by atoms with Crippen molar-refractivity contribution in [3.63, 3.8) is 0 Å². The Morgan fingerprint density at radius 3 is 2.33 bits per heavy atom. The van der Waals surface area contributed by atoms with Crippen molar-refractivity contribution in [1.29, 1.82) is 0 Å². The van der Waals surface area contributed by atoms with E-state index in [2.05, 4.69) is 4.89 Å². The van der Waals surface area contributed by atoms with Gasteiger partial charge in [-0.1, -0.05) is 0 Å². The second-order valence-electron chi connectivity index (χ2n) is 3.16. The van der Waals surface area contributed by atoms with Crippen molar-refractivity contribution in [2.45, 2.75) is 25.7 Å². The van der Waals surface area contributed by atoms with E-state index in [0.29, 0.717) is 12.8 Å². The average Bonchev–Trinajstić information content (AvgIpc) is 2.17. The third-order valence-electron chi connectivity index (χ3n) is 2.39. The maximum atomic E-state index is 10.8. The van der Waals surface area contributed by atoms with Crippen molar-refractivity contribution in [2.75, 3.05) is 0 Å². The van der Waals surface area contributed by atoms with E-state index in [9.17, 15) is 9.59 Å². The Morgan fingerprint density at radius 2 is 1.92 bits per heavy atom. The third kappa shape index (κ3) is 2.04. The molecule has 0 aromatic rings. The molecule has 1 aliphatic rings. The summed E-state index contributed by atoms with van der Waals surface area (Å²) in [7, 11) is 0. The van der Waals surface area contributed by atoms with E-state index >= 15 is 0 Å². The summed E-state index contributed by atoms with van der Waals surface area (Å²) in [5.74, 6) is -0.696. The molecule has 0 bridgehead atoms. The summed E-state index contributed by atoms with van der Waals surface area (Å²) in [6.45, 7) is 0. The first kappa shape index (κ1) is 9.19. The highest BCUT2D eigenvalue weighted by Gasteiger charge is 2.27. The molecule has 0 aromatic carbocycles. The molecule has 1 N–H and O–H groups in total. The van der Waals surface area contributed by atoms with Gasteiger partial charge in [0.1, 0.15) is 6.29 Å². The predicted molar refractivity (Wildman–Crippen MR) is 40.2 cm³/mol. The minimum atomic E-state index is -0.570. The van der Waals surface area contributed by atoms with Crippen molar-refractivity contribution in [1.82, 2.24) is 0 Å². The fraction of sp³-hybridized carbons (Fsp3) is 0.750. The molecule has 1 saturated carbocycles. The van der Waals surface area contributed by atoms with Gasteiger partial charge in [0.15, 0.2) is 0 Å². The monoisotopic (exact) mass is 172 g/mol. The molecule has 4 heteroatoms. The summed E-state index contributed by atoms with van der Waals surface area (Å²) >= 11 is 0. The van der Waals surface area contributed by atoms with Gasteiger partial charge in [-0.2, -0.15) is 5.26 Å². The van der Waals surface area contributed by atoms with Gasteiger partial charge in [0.2, 0.25) is 0 Å². The number of carbonyl (C=O) groups is 2. The molecular weight excluding hydrogens is 160 g/mol. The number of aldehydes is 1. The maximum absolute atomic E-state index is 10.8. The van der Waals surface area contributed by atoms with E-state index in [-0.39, 0.29) is 11.8 Å². The molecule has 0 radical (unpaired) electrons.